The van der Waals surface area contributed by atoms with Crippen LogP contribution in [-0.2, 0) is 0 Å². The van der Waals surface area contributed by atoms with E-state index in [2.05, 4.69) is 45.7 Å². The van der Waals surface area contributed by atoms with E-state index in [9.17, 15) is 4.79 Å². The number of Topliss-reactive ketones (excluding diaryl/α,β-unsaturated/α-hetero) is 1. The minimum absolute atomic E-state index is 0.0955. The van der Waals surface area contributed by atoms with Crippen molar-refractivity contribution in [2.24, 2.45) is 33.9 Å². The molecule has 2 fully saturated rings. The molecule has 2 aromatic heterocycles. The van der Waals surface area contributed by atoms with Crippen LogP contribution in [0, 0.1) is 35.0 Å². The first-order valence-corrected chi connectivity index (χ1v) is 13.9. The van der Waals surface area contributed by atoms with E-state index < -0.39 is 0 Å². The van der Waals surface area contributed by atoms with Gasteiger partial charge in [-0.2, -0.15) is 0 Å². The summed E-state index contributed by atoms with van der Waals surface area (Å²) < 4.78 is 0. The van der Waals surface area contributed by atoms with Gasteiger partial charge in [0.1, 0.15) is 0 Å². The second-order valence-electron chi connectivity index (χ2n) is 9.79. The van der Waals surface area contributed by atoms with Gasteiger partial charge < -0.3 is 16.4 Å². The molecule has 0 bridgehead atoms. The molecule has 0 amide bonds. The number of carbonyl (C=O) groups is 1. The Kier molecular flexibility index (Phi) is 8.13. The Bertz CT molecular complexity index is 1090. The smallest absolute Gasteiger partial charge is 0.188 e. The first-order valence-electron chi connectivity index (χ1n) is 12.3. The summed E-state index contributed by atoms with van der Waals surface area (Å²) in [4.78, 5) is 22.3. The van der Waals surface area contributed by atoms with Crippen LogP contribution in [0.3, 0.4) is 0 Å². The SMILES string of the molecule is CC#Cc1ccc(-c2ccc(C(=O)[C@H]3CC[C@H](CNC(N)=NC)C[C@@]34CC[C@H](CNC)C4)s2)s1. The van der Waals surface area contributed by atoms with Gasteiger partial charge in [-0.05, 0) is 101 Å². The molecule has 2 aromatic rings. The zero-order chi connectivity index (χ0) is 24.1. The molecule has 0 saturated heterocycles. The van der Waals surface area contributed by atoms with Gasteiger partial charge in [0, 0.05) is 29.3 Å². The van der Waals surface area contributed by atoms with Gasteiger partial charge in [0.05, 0.1) is 9.75 Å². The molecule has 0 radical (unpaired) electrons. The van der Waals surface area contributed by atoms with E-state index in [4.69, 9.17) is 5.73 Å². The molecule has 2 heterocycles. The maximum Gasteiger partial charge on any atom is 0.188 e. The summed E-state index contributed by atoms with van der Waals surface area (Å²) in [7, 11) is 3.74. The summed E-state index contributed by atoms with van der Waals surface area (Å²) in [5.74, 6) is 8.24. The predicted octanol–water partition coefficient (Wildman–Crippen LogP) is 4.99. The van der Waals surface area contributed by atoms with E-state index in [1.807, 2.05) is 20.0 Å². The van der Waals surface area contributed by atoms with Crippen LogP contribution < -0.4 is 16.4 Å². The molecule has 0 unspecified atom stereocenters. The maximum absolute atomic E-state index is 13.9. The van der Waals surface area contributed by atoms with Crippen molar-refractivity contribution in [1.82, 2.24) is 10.6 Å². The number of nitrogens with two attached hydrogens (primary N) is 1. The molecule has 4 atom stereocenters. The lowest BCUT2D eigenvalue weighted by Crippen LogP contribution is -2.44. The third kappa shape index (κ3) is 5.40. The lowest BCUT2D eigenvalue weighted by molar-refractivity contribution is 0.0458. The number of guanidine groups is 1. The molecule has 0 aliphatic heterocycles. The molecule has 2 saturated carbocycles. The van der Waals surface area contributed by atoms with Gasteiger partial charge in [0.25, 0.3) is 0 Å². The van der Waals surface area contributed by atoms with Crippen molar-refractivity contribution in [2.45, 2.75) is 45.4 Å². The van der Waals surface area contributed by atoms with Gasteiger partial charge in [-0.25, -0.2) is 0 Å². The highest BCUT2D eigenvalue weighted by atomic mass is 32.1. The van der Waals surface area contributed by atoms with E-state index in [1.165, 1.54) is 16.2 Å². The van der Waals surface area contributed by atoms with Gasteiger partial charge in [0.15, 0.2) is 11.7 Å². The number of thiophene rings is 2. The number of hydrogen-bond acceptors (Lipinski definition) is 5. The van der Waals surface area contributed by atoms with Crippen molar-refractivity contribution in [1.29, 1.82) is 0 Å². The quantitative estimate of drug-likeness (QED) is 0.218. The fraction of sp³-hybridized carbons (Fsp3) is 0.556. The van der Waals surface area contributed by atoms with Gasteiger partial charge in [-0.3, -0.25) is 9.79 Å². The Morgan fingerprint density at radius 1 is 1.12 bits per heavy atom. The molecule has 2 aliphatic carbocycles. The average molecular weight is 497 g/mol. The Balaban J connectivity index is 1.53. The molecule has 34 heavy (non-hydrogen) atoms. The molecule has 4 rings (SSSR count). The molecule has 182 valence electrons. The van der Waals surface area contributed by atoms with Crippen LogP contribution in [-0.4, -0.2) is 38.9 Å². The lowest BCUT2D eigenvalue weighted by atomic mass is 9.60. The van der Waals surface area contributed by atoms with Crippen molar-refractivity contribution in [3.63, 3.8) is 0 Å². The normalized spacial score (nSPS) is 26.9. The molecular weight excluding hydrogens is 460 g/mol. The van der Waals surface area contributed by atoms with Gasteiger partial charge >= 0.3 is 0 Å². The number of rotatable bonds is 7. The Morgan fingerprint density at radius 2 is 1.85 bits per heavy atom. The Labute approximate surface area is 211 Å². The summed E-state index contributed by atoms with van der Waals surface area (Å²) in [6, 6.07) is 8.35. The molecule has 0 aromatic carbocycles. The summed E-state index contributed by atoms with van der Waals surface area (Å²) in [6.07, 6.45) is 6.60. The highest BCUT2D eigenvalue weighted by molar-refractivity contribution is 7.23. The van der Waals surface area contributed by atoms with Crippen LogP contribution >= 0.6 is 22.7 Å². The molecule has 7 heteroatoms. The first-order chi connectivity index (χ1) is 16.5. The fourth-order valence-electron chi connectivity index (χ4n) is 6.11. The van der Waals surface area contributed by atoms with E-state index in [-0.39, 0.29) is 11.3 Å². The van der Waals surface area contributed by atoms with Crippen LogP contribution in [0.25, 0.3) is 9.75 Å². The number of aliphatic imine (C=N–C) groups is 1. The standard InChI is InChI=1S/C27H36N4OS2/c1-4-5-20-7-9-22(33-20)23-10-11-24(34-23)25(32)21-8-6-18(17-31-26(28)30-3)14-27(21)13-12-19(15-27)16-29-2/h7,9-11,18-19,21,29H,6,8,12-17H2,1-3H3,(H3,28,30,31)/t18-,19-,21+,27+/m0/s1. The summed E-state index contributed by atoms with van der Waals surface area (Å²) in [5, 5.41) is 6.64. The summed E-state index contributed by atoms with van der Waals surface area (Å²) in [6.45, 7) is 3.73. The number of ketones is 1. The molecule has 2 aliphatic rings. The highest BCUT2D eigenvalue weighted by Crippen LogP contribution is 2.56. The van der Waals surface area contributed by atoms with Crippen molar-refractivity contribution < 1.29 is 4.79 Å². The molecule has 4 N–H and O–H groups in total. The van der Waals surface area contributed by atoms with Crippen molar-refractivity contribution in [3.8, 4) is 21.6 Å². The summed E-state index contributed by atoms with van der Waals surface area (Å²) in [5.41, 5.74) is 5.98. The molecule has 1 spiro atoms. The number of hydrogen-bond donors (Lipinski definition) is 3. The topological polar surface area (TPSA) is 79.5 Å². The monoisotopic (exact) mass is 496 g/mol. The van der Waals surface area contributed by atoms with Crippen molar-refractivity contribution in [2.75, 3.05) is 27.2 Å². The van der Waals surface area contributed by atoms with E-state index in [0.717, 1.165) is 54.9 Å². The minimum atomic E-state index is 0.0955. The van der Waals surface area contributed by atoms with Crippen LogP contribution in [0.2, 0.25) is 0 Å². The molecular formula is C27H36N4OS2. The Hall–Kier alpha value is -2.14. The second-order valence-corrected chi connectivity index (χ2v) is 12.0. The number of nitrogens with zero attached hydrogens (tertiary/aromatic N) is 1. The maximum atomic E-state index is 13.9. The average Bonchev–Trinajstić information content (AvgIpc) is 3.58. The van der Waals surface area contributed by atoms with Gasteiger partial charge in [-0.15, -0.1) is 28.6 Å². The molecule has 5 nitrogen and oxygen atoms in total. The highest BCUT2D eigenvalue weighted by Gasteiger charge is 2.51. The van der Waals surface area contributed by atoms with Crippen LogP contribution in [0.5, 0.6) is 0 Å². The number of nitrogens with one attached hydrogen (secondary N) is 2. The van der Waals surface area contributed by atoms with E-state index >= 15 is 0 Å². The van der Waals surface area contributed by atoms with E-state index in [1.54, 1.807) is 29.7 Å². The van der Waals surface area contributed by atoms with Gasteiger partial charge in [-0.1, -0.05) is 5.92 Å². The zero-order valence-electron chi connectivity index (χ0n) is 20.4. The zero-order valence-corrected chi connectivity index (χ0v) is 22.1. The fourth-order valence-corrected chi connectivity index (χ4v) is 8.11. The number of carbonyl (C=O) groups excluding carboxylic acids is 1. The first kappa shape index (κ1) is 25.0. The largest absolute Gasteiger partial charge is 0.370 e. The van der Waals surface area contributed by atoms with Crippen LogP contribution in [0.4, 0.5) is 0 Å². The lowest BCUT2D eigenvalue weighted by Gasteiger charge is -2.44. The van der Waals surface area contributed by atoms with Crippen LogP contribution in [0.1, 0.15) is 60.0 Å². The van der Waals surface area contributed by atoms with Crippen LogP contribution in [0.15, 0.2) is 29.3 Å². The van der Waals surface area contributed by atoms with E-state index in [0.29, 0.717) is 23.6 Å². The third-order valence-electron chi connectivity index (χ3n) is 7.61. The Morgan fingerprint density at radius 3 is 2.59 bits per heavy atom. The summed E-state index contributed by atoms with van der Waals surface area (Å²) >= 11 is 3.34. The minimum Gasteiger partial charge on any atom is -0.370 e. The third-order valence-corrected chi connectivity index (χ3v) is 9.91. The van der Waals surface area contributed by atoms with Crippen molar-refractivity contribution >= 4 is 34.4 Å². The second kappa shape index (κ2) is 11.1. The predicted molar refractivity (Wildman–Crippen MR) is 145 cm³/mol. The van der Waals surface area contributed by atoms with Crippen molar-refractivity contribution in [3.05, 3.63) is 34.0 Å². The van der Waals surface area contributed by atoms with Gasteiger partial charge in [0.2, 0.25) is 0 Å².